The third-order valence-corrected chi connectivity index (χ3v) is 7.06. The zero-order valence-corrected chi connectivity index (χ0v) is 18.7. The first-order valence-electron chi connectivity index (χ1n) is 9.61. The smallest absolute Gasteiger partial charge is 0.256 e. The Morgan fingerprint density at radius 3 is 2.52 bits per heavy atom. The second-order valence-corrected chi connectivity index (χ2v) is 9.05. The van der Waals surface area contributed by atoms with Gasteiger partial charge >= 0.3 is 0 Å². The fourth-order valence-electron chi connectivity index (χ4n) is 3.55. The summed E-state index contributed by atoms with van der Waals surface area (Å²) >= 11 is 13.2. The van der Waals surface area contributed by atoms with E-state index in [9.17, 15) is 14.7 Å². The number of nitrogens with two attached hydrogens (primary N) is 1. The normalized spacial score (nSPS) is 14.6. The molecule has 2 heterocycles. The molecule has 1 saturated heterocycles. The zero-order valence-electron chi connectivity index (χ0n) is 16.4. The highest BCUT2D eigenvalue weighted by Gasteiger charge is 2.23. The molecule has 10 heteroatoms. The largest absolute Gasteiger partial charge is 0.505 e. The van der Waals surface area contributed by atoms with Gasteiger partial charge in [0.15, 0.2) is 5.75 Å². The van der Waals surface area contributed by atoms with Crippen LogP contribution in [0.1, 0.15) is 26.3 Å². The summed E-state index contributed by atoms with van der Waals surface area (Å²) in [6.45, 7) is 4.77. The van der Waals surface area contributed by atoms with Crippen molar-refractivity contribution in [3.05, 3.63) is 57.1 Å². The number of phenolic OH excluding ortho intramolecular Hbond substituents is 1. The summed E-state index contributed by atoms with van der Waals surface area (Å²) < 4.78 is 0.416. The van der Waals surface area contributed by atoms with Crippen LogP contribution < -0.4 is 16.4 Å². The predicted molar refractivity (Wildman–Crippen MR) is 125 cm³/mol. The number of primary amides is 1. The van der Waals surface area contributed by atoms with E-state index in [1.54, 1.807) is 12.1 Å². The number of anilines is 1. The highest BCUT2D eigenvalue weighted by atomic mass is 35.5. The van der Waals surface area contributed by atoms with Crippen LogP contribution in [-0.2, 0) is 6.54 Å². The van der Waals surface area contributed by atoms with Crippen LogP contribution in [0.3, 0.4) is 0 Å². The number of carbonyl (C=O) groups excluding carboxylic acids is 2. The van der Waals surface area contributed by atoms with Crippen LogP contribution in [0.2, 0.25) is 10.0 Å². The van der Waals surface area contributed by atoms with Gasteiger partial charge in [-0.05, 0) is 23.8 Å². The molecule has 1 fully saturated rings. The Kier molecular flexibility index (Phi) is 6.36. The van der Waals surface area contributed by atoms with E-state index in [1.807, 2.05) is 12.1 Å². The summed E-state index contributed by atoms with van der Waals surface area (Å²) in [6.07, 6.45) is 0. The number of halogens is 2. The van der Waals surface area contributed by atoms with Crippen molar-refractivity contribution in [1.82, 2.24) is 10.2 Å². The summed E-state index contributed by atoms with van der Waals surface area (Å²) in [7, 11) is 0. The lowest BCUT2D eigenvalue weighted by Gasteiger charge is -2.27. The van der Waals surface area contributed by atoms with Gasteiger partial charge in [0, 0.05) is 43.7 Å². The van der Waals surface area contributed by atoms with Crippen molar-refractivity contribution in [1.29, 1.82) is 0 Å². The molecule has 3 aromatic rings. The minimum atomic E-state index is -0.731. The molecule has 5 N–H and O–H groups in total. The average molecular weight is 479 g/mol. The van der Waals surface area contributed by atoms with Crippen LogP contribution in [0.15, 0.2) is 30.3 Å². The van der Waals surface area contributed by atoms with Gasteiger partial charge in [0.25, 0.3) is 11.8 Å². The van der Waals surface area contributed by atoms with E-state index in [1.165, 1.54) is 6.07 Å². The molecule has 31 heavy (non-hydrogen) atoms. The second-order valence-electron chi connectivity index (χ2n) is 7.25. The van der Waals surface area contributed by atoms with Crippen molar-refractivity contribution < 1.29 is 14.7 Å². The first-order chi connectivity index (χ1) is 14.8. The molecular weight excluding hydrogens is 459 g/mol. The molecule has 0 atom stereocenters. The number of amides is 2. The number of nitrogens with one attached hydrogen (secondary N) is 2. The Hall–Kier alpha value is -2.36. The van der Waals surface area contributed by atoms with E-state index >= 15 is 0 Å². The number of piperazine rings is 1. The number of hydrogen-bond acceptors (Lipinski definition) is 6. The Morgan fingerprint density at radius 1 is 1.19 bits per heavy atom. The van der Waals surface area contributed by atoms with Gasteiger partial charge in [-0.1, -0.05) is 35.3 Å². The second kappa shape index (κ2) is 9.02. The van der Waals surface area contributed by atoms with E-state index in [2.05, 4.69) is 15.5 Å². The SMILES string of the molecule is NC(=O)c1c(NC(=O)c2ccc(CN3CCNCC3)cc2)sc2c(Cl)c(O)c(Cl)cc12. The number of nitrogens with zero attached hydrogens (tertiary/aromatic N) is 1. The minimum Gasteiger partial charge on any atom is -0.505 e. The Morgan fingerprint density at radius 2 is 1.87 bits per heavy atom. The molecule has 0 bridgehead atoms. The zero-order chi connectivity index (χ0) is 22.1. The van der Waals surface area contributed by atoms with E-state index in [0.29, 0.717) is 15.6 Å². The Bertz CT molecular complexity index is 1160. The van der Waals surface area contributed by atoms with Crippen molar-refractivity contribution in [2.75, 3.05) is 31.5 Å². The molecule has 7 nitrogen and oxygen atoms in total. The molecule has 4 rings (SSSR count). The standard InChI is InChI=1S/C21H20Cl2N4O3S/c22-14-9-13-15(19(24)29)21(31-18(13)16(23)17(14)28)26-20(30)12-3-1-11(2-4-12)10-27-7-5-25-6-8-27/h1-4,9,25,28H,5-8,10H2,(H2,24,29)(H,26,30). The van der Waals surface area contributed by atoms with Crippen LogP contribution in [0.4, 0.5) is 5.00 Å². The maximum Gasteiger partial charge on any atom is 0.256 e. The number of thiophene rings is 1. The number of aromatic hydroxyl groups is 1. The summed E-state index contributed by atoms with van der Waals surface area (Å²) in [6, 6.07) is 8.76. The lowest BCUT2D eigenvalue weighted by molar-refractivity contribution is 0.100. The molecule has 1 aliphatic heterocycles. The molecule has 1 aliphatic rings. The Balaban J connectivity index is 1.57. The van der Waals surface area contributed by atoms with Gasteiger partial charge in [-0.25, -0.2) is 0 Å². The number of carbonyl (C=O) groups is 2. The van der Waals surface area contributed by atoms with Gasteiger partial charge in [-0.2, -0.15) is 0 Å². The average Bonchev–Trinajstić information content (AvgIpc) is 3.11. The first-order valence-corrected chi connectivity index (χ1v) is 11.2. The van der Waals surface area contributed by atoms with Crippen molar-refractivity contribution in [2.24, 2.45) is 5.73 Å². The molecular formula is C21H20Cl2N4O3S. The molecule has 0 aliphatic carbocycles. The maximum absolute atomic E-state index is 12.8. The molecule has 0 unspecified atom stereocenters. The highest BCUT2D eigenvalue weighted by Crippen LogP contribution is 2.46. The summed E-state index contributed by atoms with van der Waals surface area (Å²) in [4.78, 5) is 27.2. The molecule has 0 saturated carbocycles. The van der Waals surface area contributed by atoms with Gasteiger partial charge in [-0.15, -0.1) is 11.3 Å². The number of fused-ring (bicyclic) bond motifs is 1. The van der Waals surface area contributed by atoms with Crippen LogP contribution in [-0.4, -0.2) is 48.0 Å². The van der Waals surface area contributed by atoms with E-state index in [4.69, 9.17) is 28.9 Å². The van der Waals surface area contributed by atoms with Gasteiger partial charge < -0.3 is 21.5 Å². The van der Waals surface area contributed by atoms with Gasteiger partial charge in [0.1, 0.15) is 10.0 Å². The fraction of sp³-hybridized carbons (Fsp3) is 0.238. The van der Waals surface area contributed by atoms with Crippen molar-refractivity contribution in [2.45, 2.75) is 6.54 Å². The van der Waals surface area contributed by atoms with E-state index in [0.717, 1.165) is 49.6 Å². The molecule has 2 amide bonds. The number of rotatable bonds is 5. The summed E-state index contributed by atoms with van der Waals surface area (Å²) in [5, 5.41) is 16.7. The van der Waals surface area contributed by atoms with Crippen LogP contribution in [0.25, 0.3) is 10.1 Å². The maximum atomic E-state index is 12.8. The van der Waals surface area contributed by atoms with Crippen LogP contribution >= 0.6 is 34.5 Å². The quantitative estimate of drug-likeness (QED) is 0.447. The monoisotopic (exact) mass is 478 g/mol. The predicted octanol–water partition coefficient (Wildman–Crippen LogP) is 3.67. The third kappa shape index (κ3) is 4.49. The van der Waals surface area contributed by atoms with Gasteiger partial charge in [0.2, 0.25) is 0 Å². The fourth-order valence-corrected chi connectivity index (χ4v) is 5.24. The number of phenols is 1. The molecule has 0 radical (unpaired) electrons. The first kappa shape index (κ1) is 21.9. The van der Waals surface area contributed by atoms with Crippen LogP contribution in [0, 0.1) is 0 Å². The van der Waals surface area contributed by atoms with Gasteiger partial charge in [-0.3, -0.25) is 14.5 Å². The molecule has 2 aromatic carbocycles. The molecule has 0 spiro atoms. The summed E-state index contributed by atoms with van der Waals surface area (Å²) in [5.74, 6) is -1.40. The Labute approximate surface area is 192 Å². The minimum absolute atomic E-state index is 0.00393. The van der Waals surface area contributed by atoms with Crippen LogP contribution in [0.5, 0.6) is 5.75 Å². The lowest BCUT2D eigenvalue weighted by Crippen LogP contribution is -2.42. The lowest BCUT2D eigenvalue weighted by atomic mass is 10.1. The van der Waals surface area contributed by atoms with Crippen molar-refractivity contribution in [3.63, 3.8) is 0 Å². The molecule has 1 aromatic heterocycles. The topological polar surface area (TPSA) is 108 Å². The molecule has 162 valence electrons. The van der Waals surface area contributed by atoms with Crippen molar-refractivity contribution in [3.8, 4) is 5.75 Å². The van der Waals surface area contributed by atoms with Crippen molar-refractivity contribution >= 4 is 61.4 Å². The number of hydrogen-bond donors (Lipinski definition) is 4. The summed E-state index contributed by atoms with van der Waals surface area (Å²) in [5.41, 5.74) is 7.22. The third-order valence-electron chi connectivity index (χ3n) is 5.16. The number of benzene rings is 2. The van der Waals surface area contributed by atoms with E-state index < -0.39 is 5.91 Å². The highest BCUT2D eigenvalue weighted by molar-refractivity contribution is 7.24. The van der Waals surface area contributed by atoms with Gasteiger partial charge in [0.05, 0.1) is 15.3 Å². The van der Waals surface area contributed by atoms with E-state index in [-0.39, 0.29) is 32.3 Å².